The van der Waals surface area contributed by atoms with Gasteiger partial charge in [-0.2, -0.15) is 11.8 Å². The summed E-state index contributed by atoms with van der Waals surface area (Å²) < 4.78 is 11.3. The van der Waals surface area contributed by atoms with Gasteiger partial charge in [-0.25, -0.2) is 0 Å². The summed E-state index contributed by atoms with van der Waals surface area (Å²) in [4.78, 5) is 0. The normalized spacial score (nSPS) is 36.4. The van der Waals surface area contributed by atoms with E-state index in [4.69, 9.17) is 9.47 Å². The maximum Gasteiger partial charge on any atom is 0.180 e. The van der Waals surface area contributed by atoms with Crippen LogP contribution < -0.4 is 0 Å². The SMILES string of the molecule is OC[C@@H]1CSC[C@@H](CO)C12OCCO2. The van der Waals surface area contributed by atoms with E-state index in [2.05, 4.69) is 0 Å². The van der Waals surface area contributed by atoms with Gasteiger partial charge in [-0.3, -0.25) is 0 Å². The Kier molecular flexibility index (Phi) is 3.34. The predicted molar refractivity (Wildman–Crippen MR) is 53.1 cm³/mol. The van der Waals surface area contributed by atoms with Crippen molar-refractivity contribution in [3.05, 3.63) is 0 Å². The van der Waals surface area contributed by atoms with E-state index in [0.29, 0.717) is 13.2 Å². The fourth-order valence-electron chi connectivity index (χ4n) is 2.19. The molecule has 0 radical (unpaired) electrons. The van der Waals surface area contributed by atoms with Crippen LogP contribution in [0, 0.1) is 11.8 Å². The summed E-state index contributed by atoms with van der Waals surface area (Å²) in [7, 11) is 0. The highest BCUT2D eigenvalue weighted by Crippen LogP contribution is 2.42. The lowest BCUT2D eigenvalue weighted by Gasteiger charge is -2.43. The van der Waals surface area contributed by atoms with Crippen LogP contribution in [0.25, 0.3) is 0 Å². The summed E-state index contributed by atoms with van der Waals surface area (Å²) in [6, 6.07) is 0. The fraction of sp³-hybridized carbons (Fsp3) is 1.00. The summed E-state index contributed by atoms with van der Waals surface area (Å²) >= 11 is 1.74. The third-order valence-corrected chi connectivity index (χ3v) is 4.23. The molecule has 0 aromatic rings. The van der Waals surface area contributed by atoms with Gasteiger partial charge in [0.2, 0.25) is 0 Å². The topological polar surface area (TPSA) is 58.9 Å². The highest BCUT2D eigenvalue weighted by atomic mass is 32.2. The van der Waals surface area contributed by atoms with Crippen molar-refractivity contribution in [1.82, 2.24) is 0 Å². The first-order chi connectivity index (χ1) is 6.83. The third-order valence-electron chi connectivity index (χ3n) is 2.96. The van der Waals surface area contributed by atoms with Crippen molar-refractivity contribution in [3.63, 3.8) is 0 Å². The third kappa shape index (κ3) is 1.57. The lowest BCUT2D eigenvalue weighted by atomic mass is 9.89. The van der Waals surface area contributed by atoms with Gasteiger partial charge in [0.1, 0.15) is 0 Å². The Morgan fingerprint density at radius 2 is 1.57 bits per heavy atom. The van der Waals surface area contributed by atoms with Crippen LogP contribution in [0.3, 0.4) is 0 Å². The smallest absolute Gasteiger partial charge is 0.180 e. The van der Waals surface area contributed by atoms with E-state index < -0.39 is 5.79 Å². The fourth-order valence-corrected chi connectivity index (χ4v) is 3.57. The van der Waals surface area contributed by atoms with Crippen molar-refractivity contribution in [1.29, 1.82) is 0 Å². The zero-order valence-corrected chi connectivity index (χ0v) is 8.83. The van der Waals surface area contributed by atoms with E-state index in [1.54, 1.807) is 11.8 Å². The largest absolute Gasteiger partial charge is 0.396 e. The standard InChI is InChI=1S/C9H16O4S/c10-3-7-5-14-6-8(4-11)9(7)12-1-2-13-9/h7-8,10-11H,1-6H2/t7-,8-/m1/s1. The molecule has 0 aromatic heterocycles. The minimum atomic E-state index is -0.714. The van der Waals surface area contributed by atoms with Gasteiger partial charge < -0.3 is 19.7 Å². The monoisotopic (exact) mass is 220 g/mol. The van der Waals surface area contributed by atoms with E-state index in [-0.39, 0.29) is 25.0 Å². The van der Waals surface area contributed by atoms with E-state index in [1.807, 2.05) is 0 Å². The lowest BCUT2D eigenvalue weighted by Crippen LogP contribution is -2.53. The molecule has 0 aliphatic carbocycles. The quantitative estimate of drug-likeness (QED) is 0.669. The number of hydrogen-bond donors (Lipinski definition) is 2. The number of hydrogen-bond acceptors (Lipinski definition) is 5. The predicted octanol–water partition coefficient (Wildman–Crippen LogP) is -0.307. The van der Waals surface area contributed by atoms with Gasteiger partial charge in [0.05, 0.1) is 26.4 Å². The van der Waals surface area contributed by atoms with Gasteiger partial charge in [-0.05, 0) is 0 Å². The van der Waals surface area contributed by atoms with Gasteiger partial charge in [0, 0.05) is 23.3 Å². The molecule has 14 heavy (non-hydrogen) atoms. The number of aliphatic hydroxyl groups excluding tert-OH is 2. The first-order valence-corrected chi connectivity index (χ1v) is 6.06. The number of aliphatic hydroxyl groups is 2. The number of ether oxygens (including phenoxy) is 2. The van der Waals surface area contributed by atoms with Gasteiger partial charge in [0.25, 0.3) is 0 Å². The Morgan fingerprint density at radius 1 is 1.07 bits per heavy atom. The molecule has 1 spiro atoms. The van der Waals surface area contributed by atoms with Crippen molar-refractivity contribution >= 4 is 11.8 Å². The molecule has 2 saturated heterocycles. The van der Waals surface area contributed by atoms with Crippen LogP contribution in [-0.2, 0) is 9.47 Å². The molecule has 0 amide bonds. The highest BCUT2D eigenvalue weighted by Gasteiger charge is 2.52. The average Bonchev–Trinajstić information content (AvgIpc) is 2.68. The zero-order chi connectivity index (χ0) is 10.0. The van der Waals surface area contributed by atoms with Crippen LogP contribution >= 0.6 is 11.8 Å². The summed E-state index contributed by atoms with van der Waals surface area (Å²) in [6.45, 7) is 1.25. The van der Waals surface area contributed by atoms with Crippen molar-refractivity contribution in [3.8, 4) is 0 Å². The molecule has 2 rings (SSSR count). The molecule has 0 saturated carbocycles. The first kappa shape index (κ1) is 10.7. The van der Waals surface area contributed by atoms with Gasteiger partial charge >= 0.3 is 0 Å². The summed E-state index contributed by atoms with van der Waals surface area (Å²) in [6.07, 6.45) is 0. The van der Waals surface area contributed by atoms with Crippen LogP contribution in [0.15, 0.2) is 0 Å². The lowest BCUT2D eigenvalue weighted by molar-refractivity contribution is -0.236. The molecule has 2 N–H and O–H groups in total. The van der Waals surface area contributed by atoms with Crippen LogP contribution in [0.4, 0.5) is 0 Å². The Labute approximate surface area is 87.6 Å². The molecule has 2 atom stereocenters. The molecule has 0 aromatic carbocycles. The zero-order valence-electron chi connectivity index (χ0n) is 8.02. The molecular formula is C9H16O4S. The molecule has 2 heterocycles. The molecule has 2 aliphatic rings. The van der Waals surface area contributed by atoms with E-state index >= 15 is 0 Å². The summed E-state index contributed by atoms with van der Waals surface area (Å²) in [5.41, 5.74) is 0. The Bertz CT molecular complexity index is 179. The van der Waals surface area contributed by atoms with Gasteiger partial charge in [-0.15, -0.1) is 0 Å². The molecular weight excluding hydrogens is 204 g/mol. The maximum atomic E-state index is 9.27. The second-order valence-corrected chi connectivity index (χ2v) is 4.79. The second kappa shape index (κ2) is 4.37. The van der Waals surface area contributed by atoms with Crippen molar-refractivity contribution in [2.24, 2.45) is 11.8 Å². The van der Waals surface area contributed by atoms with E-state index in [9.17, 15) is 10.2 Å². The Morgan fingerprint density at radius 3 is 2.00 bits per heavy atom. The van der Waals surface area contributed by atoms with Gasteiger partial charge in [0.15, 0.2) is 5.79 Å². The molecule has 2 aliphatic heterocycles. The minimum Gasteiger partial charge on any atom is -0.396 e. The molecule has 4 nitrogen and oxygen atoms in total. The molecule has 5 heteroatoms. The van der Waals surface area contributed by atoms with Crippen molar-refractivity contribution in [2.75, 3.05) is 37.9 Å². The van der Waals surface area contributed by atoms with Crippen molar-refractivity contribution < 1.29 is 19.7 Å². The average molecular weight is 220 g/mol. The minimum absolute atomic E-state index is 0.0131. The van der Waals surface area contributed by atoms with E-state index in [1.165, 1.54) is 0 Å². The molecule has 2 fully saturated rings. The van der Waals surface area contributed by atoms with Crippen LogP contribution in [-0.4, -0.2) is 53.9 Å². The van der Waals surface area contributed by atoms with Gasteiger partial charge in [-0.1, -0.05) is 0 Å². The van der Waals surface area contributed by atoms with Crippen LogP contribution in [0.5, 0.6) is 0 Å². The first-order valence-electron chi connectivity index (χ1n) is 4.91. The van der Waals surface area contributed by atoms with Crippen LogP contribution in [0.1, 0.15) is 0 Å². The number of rotatable bonds is 2. The Balaban J connectivity index is 2.18. The summed E-state index contributed by atoms with van der Waals surface area (Å²) in [5.74, 6) is 0.941. The molecule has 0 bridgehead atoms. The van der Waals surface area contributed by atoms with Crippen LogP contribution in [0.2, 0.25) is 0 Å². The van der Waals surface area contributed by atoms with E-state index in [0.717, 1.165) is 11.5 Å². The molecule has 82 valence electrons. The second-order valence-electron chi connectivity index (χ2n) is 3.71. The Hall–Kier alpha value is 0.190. The molecule has 0 unspecified atom stereocenters. The maximum absolute atomic E-state index is 9.27. The number of thioether (sulfide) groups is 1. The van der Waals surface area contributed by atoms with Crippen molar-refractivity contribution in [2.45, 2.75) is 5.79 Å². The highest BCUT2D eigenvalue weighted by molar-refractivity contribution is 7.99. The summed E-state index contributed by atoms with van der Waals surface area (Å²) in [5, 5.41) is 18.5.